The van der Waals surface area contributed by atoms with Crippen LogP contribution < -0.4 is 4.74 Å². The number of piperidine rings is 1. The van der Waals surface area contributed by atoms with Crippen LogP contribution in [0.5, 0.6) is 5.75 Å². The molecule has 0 aliphatic carbocycles. The highest BCUT2D eigenvalue weighted by Gasteiger charge is 2.27. The quantitative estimate of drug-likeness (QED) is 0.784. The summed E-state index contributed by atoms with van der Waals surface area (Å²) >= 11 is 0. The third kappa shape index (κ3) is 3.76. The van der Waals surface area contributed by atoms with Gasteiger partial charge in [-0.25, -0.2) is 0 Å². The average Bonchev–Trinajstić information content (AvgIpc) is 2.59. The molecule has 0 radical (unpaired) electrons. The Kier molecular flexibility index (Phi) is 5.37. The molecule has 1 aromatic carbocycles. The molecule has 1 heterocycles. The lowest BCUT2D eigenvalue weighted by atomic mass is 9.97. The predicted octanol–water partition coefficient (Wildman–Crippen LogP) is 1.35. The maximum Gasteiger partial charge on any atom is 0.308 e. The lowest BCUT2D eigenvalue weighted by Crippen LogP contribution is -2.42. The van der Waals surface area contributed by atoms with Gasteiger partial charge in [-0.05, 0) is 25.0 Å². The van der Waals surface area contributed by atoms with Crippen molar-refractivity contribution < 1.29 is 19.1 Å². The molecule has 1 aromatic rings. The molecule has 116 valence electrons. The number of likely N-dealkylation sites (tertiary alicyclic amines) is 1. The molecule has 1 fully saturated rings. The zero-order valence-electron chi connectivity index (χ0n) is 12.4. The van der Waals surface area contributed by atoms with E-state index in [0.717, 1.165) is 0 Å². The Morgan fingerprint density at radius 2 is 2.00 bits per heavy atom. The molecule has 1 saturated heterocycles. The van der Waals surface area contributed by atoms with Gasteiger partial charge in [-0.15, -0.1) is 0 Å². The van der Waals surface area contributed by atoms with E-state index in [2.05, 4.69) is 0 Å². The summed E-state index contributed by atoms with van der Waals surface area (Å²) in [4.78, 5) is 25.2. The Hall–Kier alpha value is -2.55. The van der Waals surface area contributed by atoms with Crippen LogP contribution in [0, 0.1) is 17.2 Å². The van der Waals surface area contributed by atoms with E-state index in [1.165, 1.54) is 7.11 Å². The molecule has 1 aliphatic heterocycles. The summed E-state index contributed by atoms with van der Waals surface area (Å²) in [5.74, 6) is -0.0839. The highest BCUT2D eigenvalue weighted by molar-refractivity contribution is 5.78. The van der Waals surface area contributed by atoms with Crippen LogP contribution in [0.15, 0.2) is 24.3 Å². The number of carbonyl (C=O) groups excluding carboxylic acids is 2. The number of carbonyl (C=O) groups is 2. The Bertz CT molecular complexity index is 586. The summed E-state index contributed by atoms with van der Waals surface area (Å²) in [6.45, 7) is 0.922. The van der Waals surface area contributed by atoms with E-state index in [-0.39, 0.29) is 24.4 Å². The number of nitrogens with zero attached hydrogens (tertiary/aromatic N) is 2. The lowest BCUT2D eigenvalue weighted by molar-refractivity contribution is -0.149. The smallest absolute Gasteiger partial charge is 0.308 e. The van der Waals surface area contributed by atoms with Gasteiger partial charge in [-0.3, -0.25) is 9.59 Å². The summed E-state index contributed by atoms with van der Waals surface area (Å²) < 4.78 is 10.2. The van der Waals surface area contributed by atoms with Crippen molar-refractivity contribution in [3.63, 3.8) is 0 Å². The van der Waals surface area contributed by atoms with Crippen LogP contribution >= 0.6 is 0 Å². The normalized spacial score (nSPS) is 15.0. The molecule has 6 nitrogen and oxygen atoms in total. The fourth-order valence-electron chi connectivity index (χ4n) is 2.45. The highest BCUT2D eigenvalue weighted by atomic mass is 16.5. The van der Waals surface area contributed by atoms with Gasteiger partial charge in [-0.1, -0.05) is 12.1 Å². The summed E-state index contributed by atoms with van der Waals surface area (Å²) in [7, 11) is 1.38. The number of hydrogen-bond donors (Lipinski definition) is 0. The first-order chi connectivity index (χ1) is 10.7. The number of amides is 1. The molecule has 6 heteroatoms. The number of nitriles is 1. The third-order valence-electron chi connectivity index (χ3n) is 3.74. The number of methoxy groups -OCH3 is 1. The SMILES string of the molecule is COC(=O)C1CCN(C(=O)COc2ccccc2C#N)CC1. The minimum Gasteiger partial charge on any atom is -0.482 e. The van der Waals surface area contributed by atoms with Crippen molar-refractivity contribution in [3.8, 4) is 11.8 Å². The highest BCUT2D eigenvalue weighted by Crippen LogP contribution is 2.20. The van der Waals surface area contributed by atoms with Crippen molar-refractivity contribution in [1.82, 2.24) is 4.90 Å². The van der Waals surface area contributed by atoms with Crippen LogP contribution in [0.25, 0.3) is 0 Å². The fraction of sp³-hybridized carbons (Fsp3) is 0.438. The summed E-state index contributed by atoms with van der Waals surface area (Å²) in [6, 6.07) is 8.82. The first-order valence-corrected chi connectivity index (χ1v) is 7.13. The molecule has 1 aliphatic rings. The van der Waals surface area contributed by atoms with Gasteiger partial charge in [0.2, 0.25) is 0 Å². The fourth-order valence-corrected chi connectivity index (χ4v) is 2.45. The number of rotatable bonds is 4. The second kappa shape index (κ2) is 7.46. The van der Waals surface area contributed by atoms with E-state index in [0.29, 0.717) is 37.2 Å². The van der Waals surface area contributed by atoms with Gasteiger partial charge in [-0.2, -0.15) is 5.26 Å². The van der Waals surface area contributed by atoms with Crippen molar-refractivity contribution in [3.05, 3.63) is 29.8 Å². The van der Waals surface area contributed by atoms with Crippen molar-refractivity contribution in [1.29, 1.82) is 5.26 Å². The maximum atomic E-state index is 12.1. The zero-order valence-corrected chi connectivity index (χ0v) is 12.4. The molecule has 1 amide bonds. The Labute approximate surface area is 129 Å². The number of benzene rings is 1. The first-order valence-electron chi connectivity index (χ1n) is 7.13. The minimum atomic E-state index is -0.216. The van der Waals surface area contributed by atoms with Gasteiger partial charge in [0.15, 0.2) is 6.61 Å². The predicted molar refractivity (Wildman–Crippen MR) is 78.0 cm³/mol. The van der Waals surface area contributed by atoms with Crippen LogP contribution in [0.2, 0.25) is 0 Å². The lowest BCUT2D eigenvalue weighted by Gasteiger charge is -2.30. The van der Waals surface area contributed by atoms with Crippen LogP contribution in [0.1, 0.15) is 18.4 Å². The van der Waals surface area contributed by atoms with Crippen molar-refractivity contribution in [2.45, 2.75) is 12.8 Å². The number of ether oxygens (including phenoxy) is 2. The zero-order chi connectivity index (χ0) is 15.9. The first kappa shape index (κ1) is 15.8. The van der Waals surface area contributed by atoms with Crippen molar-refractivity contribution in [2.75, 3.05) is 26.8 Å². The van der Waals surface area contributed by atoms with Gasteiger partial charge >= 0.3 is 5.97 Å². The minimum absolute atomic E-state index is 0.110. The topological polar surface area (TPSA) is 79.6 Å². The molecular weight excluding hydrogens is 284 g/mol. The van der Waals surface area contributed by atoms with Gasteiger partial charge in [0.05, 0.1) is 18.6 Å². The van der Waals surface area contributed by atoms with E-state index in [4.69, 9.17) is 14.7 Å². The monoisotopic (exact) mass is 302 g/mol. The van der Waals surface area contributed by atoms with E-state index < -0.39 is 0 Å². The number of hydrogen-bond acceptors (Lipinski definition) is 5. The molecule has 0 bridgehead atoms. The van der Waals surface area contributed by atoms with Gasteiger partial charge < -0.3 is 14.4 Å². The largest absolute Gasteiger partial charge is 0.482 e. The molecule has 0 saturated carbocycles. The van der Waals surface area contributed by atoms with Crippen LogP contribution in [-0.2, 0) is 14.3 Å². The van der Waals surface area contributed by atoms with E-state index >= 15 is 0 Å². The van der Waals surface area contributed by atoms with Crippen LogP contribution in [0.4, 0.5) is 0 Å². The number of esters is 1. The van der Waals surface area contributed by atoms with E-state index in [1.807, 2.05) is 6.07 Å². The molecule has 0 N–H and O–H groups in total. The third-order valence-corrected chi connectivity index (χ3v) is 3.74. The molecule has 0 atom stereocenters. The van der Waals surface area contributed by atoms with E-state index in [9.17, 15) is 9.59 Å². The summed E-state index contributed by atoms with van der Waals surface area (Å²) in [5, 5.41) is 8.97. The summed E-state index contributed by atoms with van der Waals surface area (Å²) in [5.41, 5.74) is 0.402. The molecule has 0 aromatic heterocycles. The van der Waals surface area contributed by atoms with E-state index in [1.54, 1.807) is 29.2 Å². The van der Waals surface area contributed by atoms with Gasteiger partial charge in [0.25, 0.3) is 5.91 Å². The molecular formula is C16H18N2O4. The van der Waals surface area contributed by atoms with Crippen LogP contribution in [-0.4, -0.2) is 43.6 Å². The van der Waals surface area contributed by atoms with Gasteiger partial charge in [0.1, 0.15) is 11.8 Å². The molecule has 0 unspecified atom stereocenters. The Morgan fingerprint density at radius 1 is 1.32 bits per heavy atom. The maximum absolute atomic E-state index is 12.1. The second-order valence-electron chi connectivity index (χ2n) is 5.07. The second-order valence-corrected chi connectivity index (χ2v) is 5.07. The van der Waals surface area contributed by atoms with Crippen molar-refractivity contribution in [2.24, 2.45) is 5.92 Å². The molecule has 2 rings (SSSR count). The van der Waals surface area contributed by atoms with Gasteiger partial charge in [0, 0.05) is 13.1 Å². The number of para-hydroxylation sites is 1. The van der Waals surface area contributed by atoms with Crippen molar-refractivity contribution >= 4 is 11.9 Å². The Morgan fingerprint density at radius 3 is 2.64 bits per heavy atom. The average molecular weight is 302 g/mol. The standard InChI is InChI=1S/C16H18N2O4/c1-21-16(20)12-6-8-18(9-7-12)15(19)11-22-14-5-3-2-4-13(14)10-17/h2-5,12H,6-9,11H2,1H3. The summed E-state index contributed by atoms with van der Waals surface area (Å²) in [6.07, 6.45) is 1.21. The molecule has 22 heavy (non-hydrogen) atoms. The molecule has 0 spiro atoms. The Balaban J connectivity index is 1.84. The van der Waals surface area contributed by atoms with Crippen LogP contribution in [0.3, 0.4) is 0 Å².